The fourth-order valence-corrected chi connectivity index (χ4v) is 5.40. The Morgan fingerprint density at radius 1 is 1.29 bits per heavy atom. The van der Waals surface area contributed by atoms with Gasteiger partial charge in [-0.3, -0.25) is 9.59 Å². The lowest BCUT2D eigenvalue weighted by Gasteiger charge is -2.30. The lowest BCUT2D eigenvalue weighted by Crippen LogP contribution is -2.47. The lowest BCUT2D eigenvalue weighted by atomic mass is 9.99. The smallest absolute Gasteiger partial charge is 0.252 e. The first-order chi connectivity index (χ1) is 11.5. The highest BCUT2D eigenvalue weighted by atomic mass is 32.2. The Labute approximate surface area is 145 Å². The average molecular weight is 371 g/mol. The van der Waals surface area contributed by atoms with Gasteiger partial charge in [-0.15, -0.1) is 11.3 Å². The van der Waals surface area contributed by atoms with Gasteiger partial charge in [-0.25, -0.2) is 8.42 Å². The minimum Gasteiger partial charge on any atom is -0.352 e. The molecular formula is C15H21N3O4S2. The van der Waals surface area contributed by atoms with E-state index >= 15 is 0 Å². The van der Waals surface area contributed by atoms with E-state index in [0.717, 1.165) is 12.8 Å². The number of nitrogens with one attached hydrogen (secondary N) is 2. The van der Waals surface area contributed by atoms with Crippen molar-refractivity contribution < 1.29 is 18.0 Å². The number of hydrogen-bond acceptors (Lipinski definition) is 5. The predicted octanol–water partition coefficient (Wildman–Crippen LogP) is 0.544. The number of amides is 2. The molecule has 1 saturated heterocycles. The molecule has 1 saturated carbocycles. The molecule has 0 bridgehead atoms. The summed E-state index contributed by atoms with van der Waals surface area (Å²) >= 11 is 1.18. The van der Waals surface area contributed by atoms with Gasteiger partial charge in [-0.1, -0.05) is 6.07 Å². The third-order valence-electron chi connectivity index (χ3n) is 4.21. The summed E-state index contributed by atoms with van der Waals surface area (Å²) < 4.78 is 26.8. The third-order valence-corrected chi connectivity index (χ3v) is 7.45. The van der Waals surface area contributed by atoms with Crippen LogP contribution in [0.5, 0.6) is 0 Å². The van der Waals surface area contributed by atoms with Crippen LogP contribution < -0.4 is 10.6 Å². The maximum Gasteiger partial charge on any atom is 0.252 e. The highest BCUT2D eigenvalue weighted by Gasteiger charge is 2.34. The number of carbonyl (C=O) groups excluding carboxylic acids is 2. The van der Waals surface area contributed by atoms with Gasteiger partial charge >= 0.3 is 0 Å². The Bertz CT molecular complexity index is 698. The fourth-order valence-electron chi connectivity index (χ4n) is 2.73. The molecule has 1 aliphatic carbocycles. The van der Waals surface area contributed by atoms with Crippen LogP contribution in [0.15, 0.2) is 21.7 Å². The molecule has 9 heteroatoms. The molecular weight excluding hydrogens is 350 g/mol. The van der Waals surface area contributed by atoms with E-state index in [-0.39, 0.29) is 30.9 Å². The van der Waals surface area contributed by atoms with E-state index in [1.165, 1.54) is 15.6 Å². The van der Waals surface area contributed by atoms with Crippen LogP contribution in [0, 0.1) is 5.92 Å². The van der Waals surface area contributed by atoms with Gasteiger partial charge in [0.25, 0.3) is 10.0 Å². The largest absolute Gasteiger partial charge is 0.352 e. The summed E-state index contributed by atoms with van der Waals surface area (Å²) in [6, 6.07) is 3.53. The van der Waals surface area contributed by atoms with Crippen LogP contribution in [0.3, 0.4) is 0 Å². The molecule has 3 rings (SSSR count). The van der Waals surface area contributed by atoms with E-state index in [1.54, 1.807) is 17.5 Å². The van der Waals surface area contributed by atoms with Crippen molar-refractivity contribution in [3.8, 4) is 0 Å². The first kappa shape index (κ1) is 17.4. The normalized spacial score (nSPS) is 22.1. The molecule has 0 radical (unpaired) electrons. The van der Waals surface area contributed by atoms with Crippen LogP contribution in [0.1, 0.15) is 25.7 Å². The van der Waals surface area contributed by atoms with Crippen LogP contribution in [-0.2, 0) is 19.6 Å². The van der Waals surface area contributed by atoms with Gasteiger partial charge in [0.15, 0.2) is 0 Å². The Kier molecular flexibility index (Phi) is 5.21. The van der Waals surface area contributed by atoms with Crippen LogP contribution in [0.2, 0.25) is 0 Å². The summed E-state index contributed by atoms with van der Waals surface area (Å²) in [5.74, 6) is -0.862. The Morgan fingerprint density at radius 2 is 2.08 bits per heavy atom. The summed E-state index contributed by atoms with van der Waals surface area (Å²) in [4.78, 5) is 23.9. The monoisotopic (exact) mass is 371 g/mol. The van der Waals surface area contributed by atoms with Crippen molar-refractivity contribution in [2.75, 3.05) is 19.6 Å². The van der Waals surface area contributed by atoms with Crippen molar-refractivity contribution in [1.29, 1.82) is 0 Å². The first-order valence-electron chi connectivity index (χ1n) is 8.07. The van der Waals surface area contributed by atoms with Gasteiger partial charge in [-0.2, -0.15) is 4.31 Å². The second-order valence-electron chi connectivity index (χ2n) is 6.19. The SMILES string of the molecule is O=C(CNC(=O)C1CCCN(S(=O)(=O)c2cccs2)C1)NC1CC1. The fraction of sp³-hybridized carbons (Fsp3) is 0.600. The van der Waals surface area contributed by atoms with Gasteiger partial charge in [0.1, 0.15) is 4.21 Å². The molecule has 24 heavy (non-hydrogen) atoms. The van der Waals surface area contributed by atoms with Crippen molar-refractivity contribution in [2.45, 2.75) is 35.9 Å². The van der Waals surface area contributed by atoms with E-state index in [0.29, 0.717) is 23.6 Å². The molecule has 1 aromatic rings. The number of hydrogen-bond donors (Lipinski definition) is 2. The zero-order valence-electron chi connectivity index (χ0n) is 13.2. The van der Waals surface area contributed by atoms with Crippen LogP contribution in [-0.4, -0.2) is 50.2 Å². The number of piperidine rings is 1. The van der Waals surface area contributed by atoms with Gasteiger partial charge in [0.2, 0.25) is 11.8 Å². The number of carbonyl (C=O) groups is 2. The summed E-state index contributed by atoms with van der Waals surface area (Å²) in [5.41, 5.74) is 0. The van der Waals surface area contributed by atoms with Crippen molar-refractivity contribution in [2.24, 2.45) is 5.92 Å². The number of thiophene rings is 1. The topological polar surface area (TPSA) is 95.6 Å². The molecule has 2 aliphatic rings. The predicted molar refractivity (Wildman–Crippen MR) is 90.0 cm³/mol. The Morgan fingerprint density at radius 3 is 2.75 bits per heavy atom. The molecule has 2 fully saturated rings. The number of nitrogens with zero attached hydrogens (tertiary/aromatic N) is 1. The second-order valence-corrected chi connectivity index (χ2v) is 9.31. The molecule has 1 aromatic heterocycles. The van der Waals surface area contributed by atoms with Gasteiger partial charge in [0.05, 0.1) is 12.5 Å². The molecule has 2 N–H and O–H groups in total. The number of rotatable bonds is 6. The van der Waals surface area contributed by atoms with Crippen LogP contribution in [0.4, 0.5) is 0 Å². The van der Waals surface area contributed by atoms with Crippen molar-refractivity contribution in [3.63, 3.8) is 0 Å². The highest BCUT2D eigenvalue weighted by molar-refractivity contribution is 7.91. The molecule has 0 aromatic carbocycles. The molecule has 0 spiro atoms. The number of sulfonamides is 1. The molecule has 1 aliphatic heterocycles. The van der Waals surface area contributed by atoms with Crippen LogP contribution in [0.25, 0.3) is 0 Å². The summed E-state index contributed by atoms with van der Waals surface area (Å²) in [5, 5.41) is 7.15. The third kappa shape index (κ3) is 4.14. The van der Waals surface area contributed by atoms with Gasteiger partial charge in [-0.05, 0) is 37.1 Å². The minimum absolute atomic E-state index is 0.0521. The molecule has 2 amide bonds. The molecule has 1 unspecified atom stereocenters. The molecule has 2 heterocycles. The lowest BCUT2D eigenvalue weighted by molar-refractivity contribution is -0.129. The second kappa shape index (κ2) is 7.20. The summed E-state index contributed by atoms with van der Waals surface area (Å²) in [6.07, 6.45) is 3.26. The van der Waals surface area contributed by atoms with E-state index in [1.807, 2.05) is 0 Å². The van der Waals surface area contributed by atoms with Gasteiger partial charge in [0, 0.05) is 19.1 Å². The molecule has 132 valence electrons. The summed E-state index contributed by atoms with van der Waals surface area (Å²) in [7, 11) is -3.53. The molecule has 7 nitrogen and oxygen atoms in total. The van der Waals surface area contributed by atoms with Crippen LogP contribution >= 0.6 is 11.3 Å². The van der Waals surface area contributed by atoms with Crippen molar-refractivity contribution >= 4 is 33.2 Å². The average Bonchev–Trinajstić information content (AvgIpc) is 3.20. The molecule has 1 atom stereocenters. The van der Waals surface area contributed by atoms with Crippen molar-refractivity contribution in [1.82, 2.24) is 14.9 Å². The Hall–Kier alpha value is -1.45. The van der Waals surface area contributed by atoms with E-state index in [2.05, 4.69) is 10.6 Å². The minimum atomic E-state index is -3.53. The van der Waals surface area contributed by atoms with Crippen molar-refractivity contribution in [3.05, 3.63) is 17.5 Å². The summed E-state index contributed by atoms with van der Waals surface area (Å²) in [6.45, 7) is 0.534. The first-order valence-corrected chi connectivity index (χ1v) is 10.4. The maximum absolute atomic E-state index is 12.6. The standard InChI is InChI=1S/C15H21N3O4S2/c19-13(17-12-5-6-12)9-16-15(20)11-3-1-7-18(10-11)24(21,22)14-4-2-8-23-14/h2,4,8,11-12H,1,3,5-7,9-10H2,(H,16,20)(H,17,19). The van der Waals surface area contributed by atoms with Gasteiger partial charge < -0.3 is 10.6 Å². The zero-order chi connectivity index (χ0) is 17.2. The Balaban J connectivity index is 1.54. The maximum atomic E-state index is 12.6. The van der Waals surface area contributed by atoms with E-state index < -0.39 is 15.9 Å². The van der Waals surface area contributed by atoms with E-state index in [4.69, 9.17) is 0 Å². The highest BCUT2D eigenvalue weighted by Crippen LogP contribution is 2.26. The zero-order valence-corrected chi connectivity index (χ0v) is 14.9. The quantitative estimate of drug-likeness (QED) is 0.763. The van der Waals surface area contributed by atoms with E-state index in [9.17, 15) is 18.0 Å².